The van der Waals surface area contributed by atoms with E-state index in [1.807, 2.05) is 6.92 Å². The molecule has 2 saturated heterocycles. The van der Waals surface area contributed by atoms with E-state index >= 15 is 0 Å². The molecule has 0 amide bonds. The number of aldehydes is 1. The van der Waals surface area contributed by atoms with Gasteiger partial charge >= 0.3 is 5.97 Å². The summed E-state index contributed by atoms with van der Waals surface area (Å²) in [6.45, 7) is 2.26. The van der Waals surface area contributed by atoms with E-state index in [0.29, 0.717) is 13.0 Å². The quantitative estimate of drug-likeness (QED) is 0.406. The van der Waals surface area contributed by atoms with Gasteiger partial charge in [0.1, 0.15) is 24.6 Å². The Kier molecular flexibility index (Phi) is 9.26. The molecule has 0 radical (unpaired) electrons. The predicted octanol–water partition coefficient (Wildman–Crippen LogP) is 0.719. The molecule has 2 heterocycles. The van der Waals surface area contributed by atoms with E-state index in [9.17, 15) is 9.59 Å². The minimum absolute atomic E-state index is 0.0958. The minimum atomic E-state index is -0.664. The lowest BCUT2D eigenvalue weighted by molar-refractivity contribution is -0.308. The van der Waals surface area contributed by atoms with Crippen molar-refractivity contribution in [1.29, 1.82) is 0 Å². The maximum atomic E-state index is 11.7. The van der Waals surface area contributed by atoms with Crippen molar-refractivity contribution in [2.45, 2.75) is 69.1 Å². The maximum Gasteiger partial charge on any atom is 0.308 e. The van der Waals surface area contributed by atoms with Crippen LogP contribution in [-0.2, 0) is 42.7 Å². The zero-order valence-electron chi connectivity index (χ0n) is 17.2. The molecule has 9 heteroatoms. The van der Waals surface area contributed by atoms with E-state index in [2.05, 4.69) is 0 Å². The first-order chi connectivity index (χ1) is 13.5. The number of methoxy groups -OCH3 is 4. The number of ether oxygens (including phenoxy) is 7. The number of esters is 1. The van der Waals surface area contributed by atoms with Crippen LogP contribution in [-0.4, -0.2) is 90.2 Å². The molecule has 2 aliphatic rings. The molecule has 0 N–H and O–H groups in total. The van der Waals surface area contributed by atoms with Crippen LogP contribution < -0.4 is 0 Å². The highest BCUT2D eigenvalue weighted by molar-refractivity contribution is 5.69. The van der Waals surface area contributed by atoms with E-state index < -0.39 is 18.5 Å². The average Bonchev–Trinajstić information content (AvgIpc) is 2.70. The van der Waals surface area contributed by atoms with Crippen molar-refractivity contribution < 1.29 is 42.7 Å². The van der Waals surface area contributed by atoms with Crippen LogP contribution in [0.2, 0.25) is 0 Å². The molecule has 0 spiro atoms. The largest absolute Gasteiger partial charge is 0.469 e. The highest BCUT2D eigenvalue weighted by Gasteiger charge is 2.46. The summed E-state index contributed by atoms with van der Waals surface area (Å²) in [6, 6.07) is 0. The van der Waals surface area contributed by atoms with Crippen LogP contribution in [0.1, 0.15) is 26.2 Å². The third-order valence-corrected chi connectivity index (χ3v) is 5.53. The Hall–Kier alpha value is -1.10. The summed E-state index contributed by atoms with van der Waals surface area (Å²) < 4.78 is 39.4. The molecule has 2 fully saturated rings. The van der Waals surface area contributed by atoms with Crippen LogP contribution >= 0.6 is 0 Å². The van der Waals surface area contributed by atoms with Crippen LogP contribution in [0.5, 0.6) is 0 Å². The van der Waals surface area contributed by atoms with Gasteiger partial charge in [-0.1, -0.05) is 6.92 Å². The normalized spacial score (nSPS) is 38.8. The van der Waals surface area contributed by atoms with Crippen molar-refractivity contribution in [3.8, 4) is 0 Å². The third-order valence-electron chi connectivity index (χ3n) is 5.53. The van der Waals surface area contributed by atoms with E-state index in [4.69, 9.17) is 33.2 Å². The molecule has 0 unspecified atom stereocenters. The van der Waals surface area contributed by atoms with Crippen molar-refractivity contribution in [3.05, 3.63) is 0 Å². The fourth-order valence-electron chi connectivity index (χ4n) is 3.83. The first-order valence-electron chi connectivity index (χ1n) is 9.50. The van der Waals surface area contributed by atoms with E-state index in [1.165, 1.54) is 7.11 Å². The summed E-state index contributed by atoms with van der Waals surface area (Å²) in [4.78, 5) is 22.7. The van der Waals surface area contributed by atoms with E-state index in [1.54, 1.807) is 21.3 Å². The van der Waals surface area contributed by atoms with Gasteiger partial charge in [-0.2, -0.15) is 0 Å². The Morgan fingerprint density at radius 3 is 2.36 bits per heavy atom. The molecule has 2 rings (SSSR count). The summed E-state index contributed by atoms with van der Waals surface area (Å²) in [5, 5.41) is 0. The first-order valence-corrected chi connectivity index (χ1v) is 9.50. The van der Waals surface area contributed by atoms with Crippen molar-refractivity contribution >= 4 is 12.3 Å². The minimum Gasteiger partial charge on any atom is -0.469 e. The predicted molar refractivity (Wildman–Crippen MR) is 96.8 cm³/mol. The number of rotatable bonds is 9. The Morgan fingerprint density at radius 1 is 1.07 bits per heavy atom. The molecule has 0 aromatic rings. The van der Waals surface area contributed by atoms with Gasteiger partial charge in [0.25, 0.3) is 0 Å². The molecular weight excluding hydrogens is 372 g/mol. The summed E-state index contributed by atoms with van der Waals surface area (Å²) in [5.74, 6) is -0.474. The highest BCUT2D eigenvalue weighted by Crippen LogP contribution is 2.34. The van der Waals surface area contributed by atoms with Crippen LogP contribution in [0.3, 0.4) is 0 Å². The van der Waals surface area contributed by atoms with Crippen LogP contribution in [0.4, 0.5) is 0 Å². The van der Waals surface area contributed by atoms with Gasteiger partial charge in [0.2, 0.25) is 0 Å². The molecule has 28 heavy (non-hydrogen) atoms. The maximum absolute atomic E-state index is 11.7. The van der Waals surface area contributed by atoms with Gasteiger partial charge in [-0.25, -0.2) is 0 Å². The molecule has 9 nitrogen and oxygen atoms in total. The lowest BCUT2D eigenvalue weighted by atomic mass is 9.87. The van der Waals surface area contributed by atoms with Gasteiger partial charge in [-0.05, 0) is 0 Å². The molecule has 8 atom stereocenters. The van der Waals surface area contributed by atoms with Gasteiger partial charge in [0.15, 0.2) is 6.29 Å². The van der Waals surface area contributed by atoms with Crippen molar-refractivity contribution in [2.75, 3.05) is 35.0 Å². The van der Waals surface area contributed by atoms with E-state index in [-0.39, 0.29) is 49.1 Å². The molecule has 2 aliphatic heterocycles. The van der Waals surface area contributed by atoms with Crippen molar-refractivity contribution in [1.82, 2.24) is 0 Å². The monoisotopic (exact) mass is 404 g/mol. The molecule has 162 valence electrons. The summed E-state index contributed by atoms with van der Waals surface area (Å²) in [7, 11) is 6.09. The van der Waals surface area contributed by atoms with Crippen LogP contribution in [0, 0.1) is 5.92 Å². The number of carbonyl (C=O) groups is 2. The van der Waals surface area contributed by atoms with Crippen molar-refractivity contribution in [2.24, 2.45) is 5.92 Å². The zero-order chi connectivity index (χ0) is 20.7. The van der Waals surface area contributed by atoms with Gasteiger partial charge < -0.3 is 38.0 Å². The second kappa shape index (κ2) is 11.2. The molecular formula is C19H32O9. The summed E-state index contributed by atoms with van der Waals surface area (Å²) in [5.41, 5.74) is 0. The smallest absolute Gasteiger partial charge is 0.308 e. The molecule has 0 aromatic carbocycles. The number of hydrogen-bond acceptors (Lipinski definition) is 9. The van der Waals surface area contributed by atoms with Gasteiger partial charge in [-0.15, -0.1) is 0 Å². The second-order valence-corrected chi connectivity index (χ2v) is 7.13. The fourth-order valence-corrected chi connectivity index (χ4v) is 3.83. The SMILES string of the molecule is COC(=O)C[C@@H]1O[C@H](CC=O)C[C@H](O[C@@H]2OC[C@@H](OC)[C@H](OC)[C@H]2OC)[C@H]1C. The van der Waals surface area contributed by atoms with E-state index in [0.717, 1.165) is 6.29 Å². The molecule has 0 aromatic heterocycles. The van der Waals surface area contributed by atoms with Crippen LogP contribution in [0.15, 0.2) is 0 Å². The first kappa shape index (κ1) is 23.2. The van der Waals surface area contributed by atoms with Crippen molar-refractivity contribution in [3.63, 3.8) is 0 Å². The Balaban J connectivity index is 2.12. The number of hydrogen-bond donors (Lipinski definition) is 0. The Labute approximate surface area is 165 Å². The fraction of sp³-hybridized carbons (Fsp3) is 0.895. The van der Waals surface area contributed by atoms with Gasteiger partial charge in [0, 0.05) is 40.1 Å². The Morgan fingerprint density at radius 2 is 1.79 bits per heavy atom. The lowest BCUT2D eigenvalue weighted by Crippen LogP contribution is -2.58. The number of carbonyl (C=O) groups excluding carboxylic acids is 2. The van der Waals surface area contributed by atoms with Gasteiger partial charge in [0.05, 0.1) is 38.4 Å². The third kappa shape index (κ3) is 5.49. The summed E-state index contributed by atoms with van der Waals surface area (Å²) >= 11 is 0. The zero-order valence-corrected chi connectivity index (χ0v) is 17.2. The molecule has 0 bridgehead atoms. The molecule has 0 aliphatic carbocycles. The average molecular weight is 404 g/mol. The highest BCUT2D eigenvalue weighted by atomic mass is 16.7. The standard InChI is InChI=1S/C19H32O9/c1-11-13(8-12(6-7-20)27-14(11)9-16(21)23-3)28-19-18(25-5)17(24-4)15(22-2)10-26-19/h7,11-15,17-19H,6,8-10H2,1-5H3/t11-,12-,13+,14+,15-,17+,18-,19+/m1/s1. The summed E-state index contributed by atoms with van der Waals surface area (Å²) in [6.07, 6.45) is -1.14. The van der Waals surface area contributed by atoms with Crippen LogP contribution in [0.25, 0.3) is 0 Å². The Bertz CT molecular complexity index is 500. The lowest BCUT2D eigenvalue weighted by Gasteiger charge is -2.45. The second-order valence-electron chi connectivity index (χ2n) is 7.13. The molecule has 0 saturated carbocycles. The topological polar surface area (TPSA) is 98.8 Å². The van der Waals surface area contributed by atoms with Gasteiger partial charge in [-0.3, -0.25) is 4.79 Å².